The maximum atomic E-state index is 13.9. The van der Waals surface area contributed by atoms with Gasteiger partial charge in [0.2, 0.25) is 0 Å². The van der Waals surface area contributed by atoms with E-state index in [2.05, 4.69) is 4.98 Å². The molecular weight excluding hydrogens is 229 g/mol. The molecule has 0 saturated heterocycles. The number of aromatic nitrogens is 1. The molecule has 0 fully saturated rings. The third-order valence-electron chi connectivity index (χ3n) is 2.83. The fourth-order valence-electron chi connectivity index (χ4n) is 1.95. The van der Waals surface area contributed by atoms with Gasteiger partial charge in [0.15, 0.2) is 5.78 Å². The van der Waals surface area contributed by atoms with Crippen LogP contribution in [0.4, 0.5) is 4.39 Å². The van der Waals surface area contributed by atoms with Crippen molar-refractivity contribution < 1.29 is 9.18 Å². The molecule has 2 rings (SSSR count). The molecule has 0 unspecified atom stereocenters. The molecule has 0 aliphatic heterocycles. The monoisotopic (exact) mass is 243 g/mol. The molecule has 18 heavy (non-hydrogen) atoms. The molecule has 0 atom stereocenters. The molecule has 2 nitrogen and oxygen atoms in total. The van der Waals surface area contributed by atoms with Crippen LogP contribution in [0.1, 0.15) is 32.7 Å². The number of pyridine rings is 1. The SMILES string of the molecule is Cc1cc(C)c(C(=O)c2ccc(C)nc2)c(F)c1. The van der Waals surface area contributed by atoms with E-state index >= 15 is 0 Å². The molecule has 0 saturated carbocycles. The first-order chi connectivity index (χ1) is 8.49. The van der Waals surface area contributed by atoms with Gasteiger partial charge in [-0.1, -0.05) is 6.07 Å². The van der Waals surface area contributed by atoms with Gasteiger partial charge in [-0.3, -0.25) is 9.78 Å². The number of hydrogen-bond donors (Lipinski definition) is 0. The maximum Gasteiger partial charge on any atom is 0.197 e. The van der Waals surface area contributed by atoms with Crippen molar-refractivity contribution in [2.75, 3.05) is 0 Å². The lowest BCUT2D eigenvalue weighted by molar-refractivity contribution is 0.103. The lowest BCUT2D eigenvalue weighted by Crippen LogP contribution is -2.08. The summed E-state index contributed by atoms with van der Waals surface area (Å²) >= 11 is 0. The normalized spacial score (nSPS) is 10.4. The van der Waals surface area contributed by atoms with E-state index in [0.717, 1.165) is 11.3 Å². The van der Waals surface area contributed by atoms with E-state index in [9.17, 15) is 9.18 Å². The van der Waals surface area contributed by atoms with E-state index in [1.54, 1.807) is 32.0 Å². The number of carbonyl (C=O) groups excluding carboxylic acids is 1. The number of carbonyl (C=O) groups is 1. The van der Waals surface area contributed by atoms with Crippen molar-refractivity contribution in [3.8, 4) is 0 Å². The highest BCUT2D eigenvalue weighted by Crippen LogP contribution is 2.19. The number of aryl methyl sites for hydroxylation is 3. The van der Waals surface area contributed by atoms with Gasteiger partial charge < -0.3 is 0 Å². The fourth-order valence-corrected chi connectivity index (χ4v) is 1.95. The standard InChI is InChI=1S/C15H14FNO/c1-9-6-10(2)14(13(16)7-9)15(18)12-5-4-11(3)17-8-12/h4-8H,1-3H3. The number of rotatable bonds is 2. The van der Waals surface area contributed by atoms with E-state index in [1.165, 1.54) is 12.3 Å². The quantitative estimate of drug-likeness (QED) is 0.757. The molecule has 1 aromatic carbocycles. The summed E-state index contributed by atoms with van der Waals surface area (Å²) < 4.78 is 13.9. The average molecular weight is 243 g/mol. The first-order valence-corrected chi connectivity index (χ1v) is 5.73. The van der Waals surface area contributed by atoms with E-state index < -0.39 is 5.82 Å². The zero-order chi connectivity index (χ0) is 13.3. The van der Waals surface area contributed by atoms with Gasteiger partial charge in [-0.15, -0.1) is 0 Å². The van der Waals surface area contributed by atoms with Crippen LogP contribution >= 0.6 is 0 Å². The number of benzene rings is 1. The minimum atomic E-state index is -0.474. The zero-order valence-corrected chi connectivity index (χ0v) is 10.6. The van der Waals surface area contributed by atoms with Gasteiger partial charge in [0.25, 0.3) is 0 Å². The lowest BCUT2D eigenvalue weighted by atomic mass is 9.97. The molecule has 92 valence electrons. The zero-order valence-electron chi connectivity index (χ0n) is 10.6. The van der Waals surface area contributed by atoms with Crippen LogP contribution in [-0.2, 0) is 0 Å². The van der Waals surface area contributed by atoms with Crippen LogP contribution in [0.5, 0.6) is 0 Å². The van der Waals surface area contributed by atoms with E-state index in [1.807, 2.05) is 6.92 Å². The maximum absolute atomic E-state index is 13.9. The van der Waals surface area contributed by atoms with Crippen LogP contribution in [-0.4, -0.2) is 10.8 Å². The number of halogens is 1. The van der Waals surface area contributed by atoms with Crippen LogP contribution in [0.25, 0.3) is 0 Å². The number of ketones is 1. The second-order valence-electron chi connectivity index (χ2n) is 4.46. The number of nitrogens with zero attached hydrogens (tertiary/aromatic N) is 1. The molecule has 0 aliphatic rings. The predicted molar refractivity (Wildman–Crippen MR) is 68.3 cm³/mol. The van der Waals surface area contributed by atoms with Crippen molar-refractivity contribution in [1.29, 1.82) is 0 Å². The highest BCUT2D eigenvalue weighted by molar-refractivity contribution is 6.09. The molecule has 3 heteroatoms. The predicted octanol–water partition coefficient (Wildman–Crippen LogP) is 3.38. The third kappa shape index (κ3) is 2.30. The third-order valence-corrected chi connectivity index (χ3v) is 2.83. The largest absolute Gasteiger partial charge is 0.288 e. The molecule has 0 spiro atoms. The molecular formula is C15H14FNO. The van der Waals surface area contributed by atoms with Crippen LogP contribution in [0, 0.1) is 26.6 Å². The summed E-state index contributed by atoms with van der Waals surface area (Å²) in [6.07, 6.45) is 1.48. The Morgan fingerprint density at radius 2 is 1.89 bits per heavy atom. The van der Waals surface area contributed by atoms with Gasteiger partial charge in [0, 0.05) is 17.5 Å². The van der Waals surface area contributed by atoms with Crippen LogP contribution in [0.15, 0.2) is 30.5 Å². The Hall–Kier alpha value is -2.03. The summed E-state index contributed by atoms with van der Waals surface area (Å²) in [6.45, 7) is 5.38. The van der Waals surface area contributed by atoms with Crippen molar-refractivity contribution in [1.82, 2.24) is 4.98 Å². The van der Waals surface area contributed by atoms with Crippen molar-refractivity contribution >= 4 is 5.78 Å². The van der Waals surface area contributed by atoms with E-state index in [4.69, 9.17) is 0 Å². The van der Waals surface area contributed by atoms with Crippen molar-refractivity contribution in [2.24, 2.45) is 0 Å². The molecule has 0 amide bonds. The first-order valence-electron chi connectivity index (χ1n) is 5.73. The second kappa shape index (κ2) is 4.69. The minimum absolute atomic E-state index is 0.131. The molecule has 2 aromatic rings. The highest BCUT2D eigenvalue weighted by atomic mass is 19.1. The lowest BCUT2D eigenvalue weighted by Gasteiger charge is -2.08. The van der Waals surface area contributed by atoms with Crippen molar-refractivity contribution in [3.63, 3.8) is 0 Å². The Balaban J connectivity index is 2.49. The summed E-state index contributed by atoms with van der Waals surface area (Å²) in [5, 5.41) is 0. The highest BCUT2D eigenvalue weighted by Gasteiger charge is 2.17. The van der Waals surface area contributed by atoms with Crippen LogP contribution in [0.2, 0.25) is 0 Å². The van der Waals surface area contributed by atoms with Crippen LogP contribution < -0.4 is 0 Å². The van der Waals surface area contributed by atoms with Crippen LogP contribution in [0.3, 0.4) is 0 Å². The molecule has 0 N–H and O–H groups in total. The molecule has 1 aromatic heterocycles. The molecule has 1 heterocycles. The van der Waals surface area contributed by atoms with E-state index in [0.29, 0.717) is 11.1 Å². The summed E-state index contributed by atoms with van der Waals surface area (Å²) in [5.74, 6) is -0.796. The summed E-state index contributed by atoms with van der Waals surface area (Å²) in [6, 6.07) is 6.60. The first kappa shape index (κ1) is 12.4. The minimum Gasteiger partial charge on any atom is -0.288 e. The Morgan fingerprint density at radius 3 is 2.44 bits per heavy atom. The Kier molecular flexibility index (Phi) is 3.24. The summed E-state index contributed by atoms with van der Waals surface area (Å²) in [5.41, 5.74) is 2.83. The van der Waals surface area contributed by atoms with Gasteiger partial charge in [-0.05, 0) is 50.1 Å². The summed E-state index contributed by atoms with van der Waals surface area (Å²) in [4.78, 5) is 16.3. The van der Waals surface area contributed by atoms with Gasteiger partial charge in [-0.25, -0.2) is 4.39 Å². The molecule has 0 radical (unpaired) electrons. The Morgan fingerprint density at radius 1 is 1.17 bits per heavy atom. The fraction of sp³-hybridized carbons (Fsp3) is 0.200. The van der Waals surface area contributed by atoms with Crippen molar-refractivity contribution in [3.05, 3.63) is 64.2 Å². The van der Waals surface area contributed by atoms with Gasteiger partial charge in [0.05, 0.1) is 5.56 Å². The average Bonchev–Trinajstić information content (AvgIpc) is 2.28. The van der Waals surface area contributed by atoms with Gasteiger partial charge >= 0.3 is 0 Å². The number of hydrogen-bond acceptors (Lipinski definition) is 2. The van der Waals surface area contributed by atoms with Gasteiger partial charge in [-0.2, -0.15) is 0 Å². The smallest absolute Gasteiger partial charge is 0.197 e. The van der Waals surface area contributed by atoms with Crippen molar-refractivity contribution in [2.45, 2.75) is 20.8 Å². The molecule has 0 bridgehead atoms. The van der Waals surface area contributed by atoms with E-state index in [-0.39, 0.29) is 11.3 Å². The van der Waals surface area contributed by atoms with Gasteiger partial charge in [0.1, 0.15) is 5.82 Å². The Labute approximate surface area is 105 Å². The Bertz CT molecular complexity index is 579. The topological polar surface area (TPSA) is 30.0 Å². The summed E-state index contributed by atoms with van der Waals surface area (Å²) in [7, 11) is 0. The second-order valence-corrected chi connectivity index (χ2v) is 4.46. The molecule has 0 aliphatic carbocycles.